The topological polar surface area (TPSA) is 37.8 Å². The molecule has 2 aromatic heterocycles. The van der Waals surface area contributed by atoms with Crippen LogP contribution in [0.5, 0.6) is 0 Å². The van der Waals surface area contributed by atoms with Crippen molar-refractivity contribution in [3.8, 4) is 0 Å². The summed E-state index contributed by atoms with van der Waals surface area (Å²) in [6.07, 6.45) is 7.58. The third-order valence-corrected chi connectivity index (χ3v) is 6.42. The molecule has 138 valence electrons. The van der Waals surface area contributed by atoms with E-state index in [-0.39, 0.29) is 0 Å². The van der Waals surface area contributed by atoms with Crippen molar-refractivity contribution >= 4 is 5.69 Å². The van der Waals surface area contributed by atoms with Gasteiger partial charge in [0.2, 0.25) is 0 Å². The lowest BCUT2D eigenvalue weighted by molar-refractivity contribution is 0.252. The molecule has 0 aromatic carbocycles. The van der Waals surface area contributed by atoms with Crippen molar-refractivity contribution in [2.45, 2.75) is 58.8 Å². The fourth-order valence-corrected chi connectivity index (χ4v) is 4.96. The summed E-state index contributed by atoms with van der Waals surface area (Å²) in [4.78, 5) is 9.37. The second-order valence-electron chi connectivity index (χ2n) is 8.83. The van der Waals surface area contributed by atoms with E-state index in [9.17, 15) is 0 Å². The minimum atomic E-state index is 0.465. The van der Waals surface area contributed by atoms with E-state index in [0.29, 0.717) is 23.7 Å². The highest BCUT2D eigenvalue weighted by atomic mass is 14.9. The monoisotopic (exact) mass is 349 g/mol. The Kier molecular flexibility index (Phi) is 4.73. The summed E-state index contributed by atoms with van der Waals surface area (Å²) < 4.78 is 0. The standard InChI is InChI=1S/C23H31N3/c1-14(2)20-12-18(10-16-6-5-8-24-22(16)20)19-11-17-7-9-25-21(15(3)4)23(17)26-13-19/h5-9,14-15,18-20,26H,10-13H2,1-4H3. The molecule has 0 spiro atoms. The predicted molar refractivity (Wildman–Crippen MR) is 108 cm³/mol. The highest BCUT2D eigenvalue weighted by Crippen LogP contribution is 2.43. The number of hydrogen-bond acceptors (Lipinski definition) is 3. The normalized spacial score (nSPS) is 24.9. The minimum Gasteiger partial charge on any atom is -0.383 e. The Labute approximate surface area is 157 Å². The fourth-order valence-electron chi connectivity index (χ4n) is 4.96. The van der Waals surface area contributed by atoms with Gasteiger partial charge in [-0.2, -0.15) is 0 Å². The number of rotatable bonds is 3. The molecule has 0 fully saturated rings. The van der Waals surface area contributed by atoms with E-state index in [4.69, 9.17) is 4.98 Å². The number of nitrogens with zero attached hydrogens (tertiary/aromatic N) is 2. The average molecular weight is 350 g/mol. The first-order valence-corrected chi connectivity index (χ1v) is 10.2. The van der Waals surface area contributed by atoms with E-state index in [0.717, 1.165) is 12.5 Å². The Balaban J connectivity index is 1.59. The molecule has 3 atom stereocenters. The molecule has 0 amide bonds. The Morgan fingerprint density at radius 3 is 2.54 bits per heavy atom. The first-order chi connectivity index (χ1) is 12.5. The van der Waals surface area contributed by atoms with E-state index in [1.54, 1.807) is 0 Å². The van der Waals surface area contributed by atoms with Crippen LogP contribution in [0.4, 0.5) is 5.69 Å². The lowest BCUT2D eigenvalue weighted by Gasteiger charge is -2.39. The number of anilines is 1. The molecule has 0 bridgehead atoms. The summed E-state index contributed by atoms with van der Waals surface area (Å²) in [5, 5.41) is 3.75. The fraction of sp³-hybridized carbons (Fsp3) is 0.565. The maximum Gasteiger partial charge on any atom is 0.0662 e. The summed E-state index contributed by atoms with van der Waals surface area (Å²) >= 11 is 0. The Morgan fingerprint density at radius 1 is 0.962 bits per heavy atom. The van der Waals surface area contributed by atoms with E-state index in [1.165, 1.54) is 47.5 Å². The lowest BCUT2D eigenvalue weighted by atomic mass is 9.68. The van der Waals surface area contributed by atoms with Gasteiger partial charge in [-0.25, -0.2) is 0 Å². The van der Waals surface area contributed by atoms with Gasteiger partial charge in [-0.1, -0.05) is 33.8 Å². The van der Waals surface area contributed by atoms with E-state index >= 15 is 0 Å². The maximum atomic E-state index is 4.74. The van der Waals surface area contributed by atoms with Gasteiger partial charge in [0.25, 0.3) is 0 Å². The summed E-state index contributed by atoms with van der Waals surface area (Å²) in [5.74, 6) is 3.13. The van der Waals surface area contributed by atoms with E-state index < -0.39 is 0 Å². The van der Waals surface area contributed by atoms with Gasteiger partial charge in [0.15, 0.2) is 0 Å². The van der Waals surface area contributed by atoms with Crippen molar-refractivity contribution in [2.24, 2.45) is 17.8 Å². The van der Waals surface area contributed by atoms with Crippen molar-refractivity contribution in [3.63, 3.8) is 0 Å². The number of aromatic nitrogens is 2. The molecular formula is C23H31N3. The largest absolute Gasteiger partial charge is 0.383 e. The first-order valence-electron chi connectivity index (χ1n) is 10.2. The summed E-state index contributed by atoms with van der Waals surface area (Å²) in [6, 6.07) is 6.63. The maximum absolute atomic E-state index is 4.74. The van der Waals surface area contributed by atoms with Gasteiger partial charge in [-0.05, 0) is 66.2 Å². The predicted octanol–water partition coefficient (Wildman–Crippen LogP) is 5.19. The Bertz CT molecular complexity index is 781. The smallest absolute Gasteiger partial charge is 0.0662 e. The second kappa shape index (κ2) is 7.02. The molecule has 3 unspecified atom stereocenters. The first kappa shape index (κ1) is 17.5. The molecule has 3 heterocycles. The van der Waals surface area contributed by atoms with Crippen molar-refractivity contribution in [1.29, 1.82) is 0 Å². The van der Waals surface area contributed by atoms with Gasteiger partial charge >= 0.3 is 0 Å². The number of nitrogens with one attached hydrogen (secondary N) is 1. The summed E-state index contributed by atoms with van der Waals surface area (Å²) in [7, 11) is 0. The number of fused-ring (bicyclic) bond motifs is 2. The molecule has 2 aromatic rings. The number of hydrogen-bond donors (Lipinski definition) is 1. The van der Waals surface area contributed by atoms with Crippen LogP contribution in [0.3, 0.4) is 0 Å². The highest BCUT2D eigenvalue weighted by Gasteiger charge is 2.35. The van der Waals surface area contributed by atoms with Crippen molar-refractivity contribution in [3.05, 3.63) is 53.1 Å². The molecule has 1 aliphatic carbocycles. The van der Waals surface area contributed by atoms with Crippen molar-refractivity contribution in [1.82, 2.24) is 9.97 Å². The van der Waals surface area contributed by atoms with E-state index in [2.05, 4.69) is 56.2 Å². The second-order valence-corrected chi connectivity index (χ2v) is 8.83. The SMILES string of the molecule is CC(C)c1nccc2c1NCC(C1Cc3cccnc3C(C(C)C)C1)C2. The van der Waals surface area contributed by atoms with Gasteiger partial charge in [0.05, 0.1) is 11.4 Å². The van der Waals surface area contributed by atoms with Crippen LogP contribution in [-0.2, 0) is 12.8 Å². The highest BCUT2D eigenvalue weighted by molar-refractivity contribution is 5.57. The third-order valence-electron chi connectivity index (χ3n) is 6.42. The molecule has 3 nitrogen and oxygen atoms in total. The quantitative estimate of drug-likeness (QED) is 0.829. The molecule has 4 rings (SSSR count). The van der Waals surface area contributed by atoms with Crippen molar-refractivity contribution in [2.75, 3.05) is 11.9 Å². The lowest BCUT2D eigenvalue weighted by Crippen LogP contribution is -2.35. The molecule has 0 radical (unpaired) electrons. The Morgan fingerprint density at radius 2 is 1.77 bits per heavy atom. The molecule has 26 heavy (non-hydrogen) atoms. The van der Waals surface area contributed by atoms with Crippen LogP contribution >= 0.6 is 0 Å². The Hall–Kier alpha value is -1.90. The minimum absolute atomic E-state index is 0.465. The third kappa shape index (κ3) is 3.13. The average Bonchev–Trinajstić information content (AvgIpc) is 2.65. The van der Waals surface area contributed by atoms with Crippen LogP contribution in [0, 0.1) is 17.8 Å². The molecule has 1 N–H and O–H groups in total. The zero-order valence-electron chi connectivity index (χ0n) is 16.5. The number of pyridine rings is 2. The zero-order valence-corrected chi connectivity index (χ0v) is 16.5. The van der Waals surface area contributed by atoms with Crippen LogP contribution in [0.15, 0.2) is 30.6 Å². The summed E-state index contributed by atoms with van der Waals surface area (Å²) in [6.45, 7) is 10.2. The molecule has 3 heteroatoms. The van der Waals surface area contributed by atoms with Crippen LogP contribution in [0.2, 0.25) is 0 Å². The van der Waals surface area contributed by atoms with Crippen LogP contribution in [0.1, 0.15) is 68.5 Å². The molecular weight excluding hydrogens is 318 g/mol. The molecule has 0 saturated heterocycles. The summed E-state index contributed by atoms with van der Waals surface area (Å²) in [5.41, 5.74) is 6.81. The zero-order chi connectivity index (χ0) is 18.3. The molecule has 2 aliphatic rings. The van der Waals surface area contributed by atoms with Gasteiger partial charge < -0.3 is 5.32 Å². The van der Waals surface area contributed by atoms with Crippen LogP contribution < -0.4 is 5.32 Å². The molecule has 0 saturated carbocycles. The van der Waals surface area contributed by atoms with Crippen LogP contribution in [0.25, 0.3) is 0 Å². The van der Waals surface area contributed by atoms with Crippen LogP contribution in [-0.4, -0.2) is 16.5 Å². The van der Waals surface area contributed by atoms with Crippen molar-refractivity contribution < 1.29 is 0 Å². The molecule has 1 aliphatic heterocycles. The van der Waals surface area contributed by atoms with Gasteiger partial charge in [-0.3, -0.25) is 9.97 Å². The van der Waals surface area contributed by atoms with Gasteiger partial charge in [-0.15, -0.1) is 0 Å². The van der Waals surface area contributed by atoms with Gasteiger partial charge in [0, 0.05) is 30.6 Å². The van der Waals surface area contributed by atoms with Gasteiger partial charge in [0.1, 0.15) is 0 Å². The van der Waals surface area contributed by atoms with E-state index in [1.807, 2.05) is 12.4 Å².